The third-order valence-electron chi connectivity index (χ3n) is 4.44. The minimum Gasteiger partial charge on any atom is -0.493 e. The number of hydrogen-bond acceptors (Lipinski definition) is 3. The molecule has 29 heavy (non-hydrogen) atoms. The van der Waals surface area contributed by atoms with Crippen molar-refractivity contribution in [2.24, 2.45) is 0 Å². The Morgan fingerprint density at radius 3 is 2.24 bits per heavy atom. The van der Waals surface area contributed by atoms with Crippen LogP contribution in [0.4, 0.5) is 0 Å². The summed E-state index contributed by atoms with van der Waals surface area (Å²) in [5.74, 6) is 0.170. The van der Waals surface area contributed by atoms with Crippen molar-refractivity contribution in [1.29, 1.82) is 0 Å². The van der Waals surface area contributed by atoms with E-state index in [0.29, 0.717) is 12.2 Å². The van der Waals surface area contributed by atoms with Gasteiger partial charge in [0.15, 0.2) is 0 Å². The topological polar surface area (TPSA) is 58.6 Å². The van der Waals surface area contributed by atoms with Crippen LogP contribution in [0.25, 0.3) is 16.8 Å². The lowest BCUT2D eigenvalue weighted by molar-refractivity contribution is -0.124. The van der Waals surface area contributed by atoms with Gasteiger partial charge in [0.2, 0.25) is 0 Å². The minimum absolute atomic E-state index is 0.207. The molecule has 0 atom stereocenters. The summed E-state index contributed by atoms with van der Waals surface area (Å²) in [5, 5.41) is 4.66. The number of rotatable bonds is 6. The highest BCUT2D eigenvalue weighted by molar-refractivity contribution is 6.06. The highest BCUT2D eigenvalue weighted by Gasteiger charge is 2.17. The summed E-state index contributed by atoms with van der Waals surface area (Å²) >= 11 is 0. The molecular formula is C24H24N2O3. The first-order chi connectivity index (χ1) is 14.0. The van der Waals surface area contributed by atoms with E-state index in [-0.39, 0.29) is 17.5 Å². The fourth-order valence-electron chi connectivity index (χ4n) is 3.03. The molecule has 0 aliphatic carbocycles. The number of likely N-dealkylation sites (N-methyl/N-ethyl adjacent to an activating group) is 1. The number of nitrogens with zero attached hydrogens (tertiary/aromatic N) is 1. The van der Waals surface area contributed by atoms with Gasteiger partial charge < -0.3 is 15.0 Å². The van der Waals surface area contributed by atoms with Gasteiger partial charge >= 0.3 is 0 Å². The highest BCUT2D eigenvalue weighted by Crippen LogP contribution is 2.29. The van der Waals surface area contributed by atoms with Crippen molar-refractivity contribution in [3.63, 3.8) is 0 Å². The lowest BCUT2D eigenvalue weighted by atomic mass is 10.0. The van der Waals surface area contributed by atoms with Crippen LogP contribution in [0.2, 0.25) is 0 Å². The van der Waals surface area contributed by atoms with E-state index in [1.165, 1.54) is 4.90 Å². The Kier molecular flexibility index (Phi) is 6.29. The van der Waals surface area contributed by atoms with E-state index >= 15 is 0 Å². The average Bonchev–Trinajstić information content (AvgIpc) is 2.75. The zero-order valence-corrected chi connectivity index (χ0v) is 16.8. The van der Waals surface area contributed by atoms with Gasteiger partial charge in [-0.2, -0.15) is 0 Å². The molecule has 1 N–H and O–H groups in total. The zero-order valence-electron chi connectivity index (χ0n) is 16.8. The molecule has 0 aromatic heterocycles. The predicted octanol–water partition coefficient (Wildman–Crippen LogP) is 4.10. The van der Waals surface area contributed by atoms with Crippen LogP contribution in [0.1, 0.15) is 22.8 Å². The summed E-state index contributed by atoms with van der Waals surface area (Å²) in [7, 11) is 3.31. The first-order valence-electron chi connectivity index (χ1n) is 9.45. The number of carbonyl (C=O) groups excluding carboxylic acids is 2. The van der Waals surface area contributed by atoms with Gasteiger partial charge in [-0.1, -0.05) is 48.5 Å². The summed E-state index contributed by atoms with van der Waals surface area (Å²) in [4.78, 5) is 26.8. The Morgan fingerprint density at radius 1 is 0.931 bits per heavy atom. The summed E-state index contributed by atoms with van der Waals surface area (Å²) in [5.41, 5.74) is 1.52. The number of benzene rings is 3. The fourth-order valence-corrected chi connectivity index (χ4v) is 3.03. The molecule has 3 aromatic rings. The molecule has 0 heterocycles. The third-order valence-corrected chi connectivity index (χ3v) is 4.44. The zero-order chi connectivity index (χ0) is 20.8. The van der Waals surface area contributed by atoms with E-state index in [1.54, 1.807) is 44.4 Å². The molecule has 2 amide bonds. The van der Waals surface area contributed by atoms with Crippen LogP contribution in [0.5, 0.6) is 5.75 Å². The van der Waals surface area contributed by atoms with Gasteiger partial charge in [0, 0.05) is 25.0 Å². The van der Waals surface area contributed by atoms with Gasteiger partial charge in [-0.25, -0.2) is 0 Å². The first-order valence-corrected chi connectivity index (χ1v) is 9.45. The molecule has 5 heteroatoms. The Morgan fingerprint density at radius 2 is 1.59 bits per heavy atom. The van der Waals surface area contributed by atoms with Crippen molar-refractivity contribution >= 4 is 28.7 Å². The van der Waals surface area contributed by atoms with Gasteiger partial charge in [-0.15, -0.1) is 0 Å². The molecule has 0 saturated carbocycles. The van der Waals surface area contributed by atoms with E-state index in [0.717, 1.165) is 22.1 Å². The number of amides is 2. The number of nitrogens with one attached hydrogen (secondary N) is 1. The fraction of sp³-hybridized carbons (Fsp3) is 0.167. The summed E-state index contributed by atoms with van der Waals surface area (Å²) < 4.78 is 5.72. The normalized spacial score (nSPS) is 11.2. The molecule has 0 aliphatic rings. The molecule has 0 unspecified atom stereocenters. The number of carbonyl (C=O) groups is 2. The smallest absolute Gasteiger partial charge is 0.269 e. The van der Waals surface area contributed by atoms with E-state index in [1.807, 2.05) is 49.4 Å². The summed E-state index contributed by atoms with van der Waals surface area (Å²) in [6.45, 7) is 2.51. The largest absolute Gasteiger partial charge is 0.493 e. The third kappa shape index (κ3) is 4.63. The molecule has 148 valence electrons. The lowest BCUT2D eigenvalue weighted by Gasteiger charge is -2.16. The Hall–Kier alpha value is -3.60. The van der Waals surface area contributed by atoms with Crippen molar-refractivity contribution in [3.05, 3.63) is 83.6 Å². The first kappa shape index (κ1) is 20.1. The highest BCUT2D eigenvalue weighted by atomic mass is 16.5. The van der Waals surface area contributed by atoms with Gasteiger partial charge in [0.05, 0.1) is 6.61 Å². The molecule has 0 radical (unpaired) electrons. The van der Waals surface area contributed by atoms with Crippen LogP contribution in [0, 0.1) is 0 Å². The van der Waals surface area contributed by atoms with Crippen LogP contribution in [-0.2, 0) is 4.79 Å². The second-order valence-corrected chi connectivity index (χ2v) is 6.71. The number of ether oxygens (including phenoxy) is 1. The summed E-state index contributed by atoms with van der Waals surface area (Å²) in [6, 6.07) is 20.4. The molecule has 3 aromatic carbocycles. The van der Waals surface area contributed by atoms with Gasteiger partial charge in [0.1, 0.15) is 11.4 Å². The second-order valence-electron chi connectivity index (χ2n) is 6.71. The van der Waals surface area contributed by atoms with Crippen molar-refractivity contribution < 1.29 is 14.3 Å². The molecule has 0 spiro atoms. The Labute approximate surface area is 170 Å². The average molecular weight is 388 g/mol. The van der Waals surface area contributed by atoms with E-state index in [9.17, 15) is 9.59 Å². The minimum atomic E-state index is -0.331. The van der Waals surface area contributed by atoms with Crippen molar-refractivity contribution in [1.82, 2.24) is 10.2 Å². The molecular weight excluding hydrogens is 364 g/mol. The van der Waals surface area contributed by atoms with E-state index in [4.69, 9.17) is 4.74 Å². The van der Waals surface area contributed by atoms with Crippen molar-refractivity contribution in [2.75, 3.05) is 20.7 Å². The molecule has 0 saturated heterocycles. The van der Waals surface area contributed by atoms with Crippen LogP contribution >= 0.6 is 0 Å². The molecule has 3 rings (SSSR count). The number of hydrogen-bond donors (Lipinski definition) is 1. The molecule has 0 fully saturated rings. The van der Waals surface area contributed by atoms with Crippen molar-refractivity contribution in [3.8, 4) is 5.75 Å². The van der Waals surface area contributed by atoms with Crippen LogP contribution in [0.15, 0.2) is 72.4 Å². The Bertz CT molecular complexity index is 1060. The standard InChI is InChI=1S/C24H24N2O3/c1-4-29-22-15-14-18(19-12-8-9-13-20(19)22)16-21(24(28)26(2)3)25-23(27)17-10-6-5-7-11-17/h5-16H,4H2,1-3H3,(H,25,27)/b21-16+. The second kappa shape index (κ2) is 9.06. The molecule has 0 bridgehead atoms. The van der Waals surface area contributed by atoms with Gasteiger partial charge in [-0.3, -0.25) is 9.59 Å². The summed E-state index contributed by atoms with van der Waals surface area (Å²) in [6.07, 6.45) is 1.71. The predicted molar refractivity (Wildman–Crippen MR) is 116 cm³/mol. The van der Waals surface area contributed by atoms with Crippen molar-refractivity contribution in [2.45, 2.75) is 6.92 Å². The van der Waals surface area contributed by atoms with Crippen LogP contribution in [-0.4, -0.2) is 37.4 Å². The molecule has 5 nitrogen and oxygen atoms in total. The van der Waals surface area contributed by atoms with Gasteiger partial charge in [-0.05, 0) is 42.1 Å². The quantitative estimate of drug-likeness (QED) is 0.647. The lowest BCUT2D eigenvalue weighted by Crippen LogP contribution is -2.34. The van der Waals surface area contributed by atoms with Crippen LogP contribution < -0.4 is 10.1 Å². The van der Waals surface area contributed by atoms with Gasteiger partial charge in [0.25, 0.3) is 11.8 Å². The number of fused-ring (bicyclic) bond motifs is 1. The van der Waals surface area contributed by atoms with E-state index < -0.39 is 0 Å². The van der Waals surface area contributed by atoms with Crippen LogP contribution in [0.3, 0.4) is 0 Å². The van der Waals surface area contributed by atoms with E-state index in [2.05, 4.69) is 5.32 Å². The maximum Gasteiger partial charge on any atom is 0.269 e. The Balaban J connectivity index is 2.05. The monoisotopic (exact) mass is 388 g/mol. The maximum absolute atomic E-state index is 12.7. The SMILES string of the molecule is CCOc1ccc(/C=C(/NC(=O)c2ccccc2)C(=O)N(C)C)c2ccccc12. The maximum atomic E-state index is 12.7. The molecule has 0 aliphatic heterocycles.